The number of rotatable bonds is 3. The minimum absolute atomic E-state index is 0.421. The number of nitrogens with zero attached hydrogens (tertiary/aromatic N) is 3. The number of anilines is 1. The molecule has 4 N–H and O–H groups in total. The third-order valence-electron chi connectivity index (χ3n) is 2.28. The predicted octanol–water partition coefficient (Wildman–Crippen LogP) is 1.39. The Morgan fingerprint density at radius 2 is 2.06 bits per heavy atom. The Morgan fingerprint density at radius 1 is 1.35 bits per heavy atom. The molecule has 0 aliphatic carbocycles. The number of thioether (sulfide) groups is 1. The minimum atomic E-state index is -1.08. The highest BCUT2D eigenvalue weighted by atomic mass is 32.2. The van der Waals surface area contributed by atoms with E-state index in [1.807, 2.05) is 30.3 Å². The molecule has 0 spiro atoms. The molecule has 0 bridgehead atoms. The third kappa shape index (κ3) is 2.58. The van der Waals surface area contributed by atoms with Crippen LogP contribution in [0.3, 0.4) is 0 Å². The average molecular weight is 247 g/mol. The monoisotopic (exact) mass is 247 g/mol. The summed E-state index contributed by atoms with van der Waals surface area (Å²) in [4.78, 5) is 0. The van der Waals surface area contributed by atoms with Crippen LogP contribution in [-0.4, -0.2) is 10.2 Å². The molecular weight excluding hydrogens is 234 g/mol. The summed E-state index contributed by atoms with van der Waals surface area (Å²) < 4.78 is 0. The van der Waals surface area contributed by atoms with Crippen molar-refractivity contribution in [1.82, 2.24) is 0 Å². The lowest BCUT2D eigenvalue weighted by Gasteiger charge is -2.28. The van der Waals surface area contributed by atoms with Gasteiger partial charge in [0, 0.05) is 12.8 Å². The van der Waals surface area contributed by atoms with Crippen LogP contribution in [0.15, 0.2) is 35.4 Å². The molecule has 1 aromatic rings. The molecule has 0 saturated carbocycles. The van der Waals surface area contributed by atoms with Gasteiger partial charge in [0.15, 0.2) is 0 Å². The van der Waals surface area contributed by atoms with Gasteiger partial charge in [0.2, 0.25) is 5.12 Å². The molecule has 0 aromatic heterocycles. The maximum absolute atomic E-state index is 8.55. The van der Waals surface area contributed by atoms with Crippen molar-refractivity contribution < 1.29 is 0 Å². The van der Waals surface area contributed by atoms with Crippen LogP contribution in [0.4, 0.5) is 5.69 Å². The van der Waals surface area contributed by atoms with Gasteiger partial charge in [0.05, 0.1) is 16.8 Å². The normalized spacial score (nSPS) is 17.7. The van der Waals surface area contributed by atoms with Crippen molar-refractivity contribution in [3.63, 3.8) is 0 Å². The highest BCUT2D eigenvalue weighted by Crippen LogP contribution is 2.34. The largest absolute Gasteiger partial charge is 0.285 e. The molecule has 0 atom stereocenters. The molecule has 0 saturated heterocycles. The Morgan fingerprint density at radius 3 is 2.71 bits per heavy atom. The van der Waals surface area contributed by atoms with Gasteiger partial charge in [-0.05, 0) is 23.9 Å². The Hall–Kier alpha value is -1.55. The summed E-state index contributed by atoms with van der Waals surface area (Å²) in [6.07, 6.45) is 1.01. The van der Waals surface area contributed by atoms with Gasteiger partial charge in [0.1, 0.15) is 0 Å². The maximum atomic E-state index is 8.55. The summed E-state index contributed by atoms with van der Waals surface area (Å²) in [6, 6.07) is 11.6. The van der Waals surface area contributed by atoms with E-state index >= 15 is 0 Å². The van der Waals surface area contributed by atoms with E-state index in [9.17, 15) is 0 Å². The van der Waals surface area contributed by atoms with Crippen LogP contribution in [0, 0.1) is 11.3 Å². The van der Waals surface area contributed by atoms with Gasteiger partial charge in [-0.2, -0.15) is 10.4 Å². The SMILES string of the molecule is N#CCCC1=NN(c2ccccc2)C(N)(N)S1. The van der Waals surface area contributed by atoms with Crippen LogP contribution in [0.5, 0.6) is 0 Å². The van der Waals surface area contributed by atoms with E-state index < -0.39 is 5.12 Å². The predicted molar refractivity (Wildman–Crippen MR) is 69.9 cm³/mol. The number of hydrogen-bond donors (Lipinski definition) is 2. The van der Waals surface area contributed by atoms with Crippen molar-refractivity contribution in [2.75, 3.05) is 5.01 Å². The van der Waals surface area contributed by atoms with E-state index in [0.717, 1.165) is 10.7 Å². The van der Waals surface area contributed by atoms with Gasteiger partial charge >= 0.3 is 0 Å². The quantitative estimate of drug-likeness (QED) is 0.787. The molecule has 0 fully saturated rings. The highest BCUT2D eigenvalue weighted by Gasteiger charge is 2.37. The fraction of sp³-hybridized carbons (Fsp3) is 0.273. The first kappa shape index (κ1) is 11.9. The molecule has 1 aliphatic heterocycles. The maximum Gasteiger partial charge on any atom is 0.217 e. The lowest BCUT2D eigenvalue weighted by Crippen LogP contribution is -2.56. The Kier molecular flexibility index (Phi) is 3.33. The summed E-state index contributed by atoms with van der Waals surface area (Å²) in [5.74, 6) is 0. The molecule has 1 heterocycles. The first-order valence-corrected chi connectivity index (χ1v) is 6.01. The second-order valence-electron chi connectivity index (χ2n) is 3.65. The van der Waals surface area contributed by atoms with Gasteiger partial charge in [0.25, 0.3) is 0 Å². The van der Waals surface area contributed by atoms with Crippen LogP contribution in [0.2, 0.25) is 0 Å². The number of nitrogens with two attached hydrogens (primary N) is 2. The zero-order chi connectivity index (χ0) is 12.3. The molecule has 5 nitrogen and oxygen atoms in total. The standard InChI is InChI=1S/C11H13N5S/c12-8-4-7-10-15-16(11(13,14)17-10)9-5-2-1-3-6-9/h1-3,5-6H,4,7,13-14H2. The van der Waals surface area contributed by atoms with Crippen LogP contribution in [-0.2, 0) is 0 Å². The third-order valence-corrected chi connectivity index (χ3v) is 3.30. The highest BCUT2D eigenvalue weighted by molar-refractivity contribution is 8.15. The second-order valence-corrected chi connectivity index (χ2v) is 4.98. The van der Waals surface area contributed by atoms with Gasteiger partial charge in [-0.3, -0.25) is 11.5 Å². The van der Waals surface area contributed by atoms with Crippen molar-refractivity contribution in [1.29, 1.82) is 5.26 Å². The van der Waals surface area contributed by atoms with E-state index in [4.69, 9.17) is 16.7 Å². The van der Waals surface area contributed by atoms with E-state index in [0.29, 0.717) is 12.8 Å². The minimum Gasteiger partial charge on any atom is -0.285 e. The molecule has 1 aliphatic rings. The fourth-order valence-corrected chi connectivity index (χ4v) is 2.47. The van der Waals surface area contributed by atoms with E-state index in [1.165, 1.54) is 11.8 Å². The number of hydrogen-bond acceptors (Lipinski definition) is 6. The van der Waals surface area contributed by atoms with E-state index in [-0.39, 0.29) is 0 Å². The zero-order valence-electron chi connectivity index (χ0n) is 9.21. The molecular formula is C11H13N5S. The fourth-order valence-electron chi connectivity index (χ4n) is 1.53. The summed E-state index contributed by atoms with van der Waals surface area (Å²) in [7, 11) is 0. The molecule has 2 rings (SSSR count). The smallest absolute Gasteiger partial charge is 0.217 e. The molecule has 1 aromatic carbocycles. The lowest BCUT2D eigenvalue weighted by molar-refractivity contribution is 0.611. The number of nitriles is 1. The van der Waals surface area contributed by atoms with Crippen molar-refractivity contribution in [3.05, 3.63) is 30.3 Å². The molecule has 0 radical (unpaired) electrons. The zero-order valence-corrected chi connectivity index (χ0v) is 10.0. The Labute approximate surface area is 104 Å². The van der Waals surface area contributed by atoms with Crippen LogP contribution in [0.25, 0.3) is 0 Å². The number of para-hydroxylation sites is 1. The van der Waals surface area contributed by atoms with Gasteiger partial charge < -0.3 is 0 Å². The van der Waals surface area contributed by atoms with Crippen molar-refractivity contribution in [2.24, 2.45) is 16.6 Å². The lowest BCUT2D eigenvalue weighted by atomic mass is 10.3. The molecule has 88 valence electrons. The van der Waals surface area contributed by atoms with Crippen LogP contribution >= 0.6 is 11.8 Å². The van der Waals surface area contributed by atoms with Crippen molar-refractivity contribution in [3.8, 4) is 6.07 Å². The van der Waals surface area contributed by atoms with Crippen molar-refractivity contribution >= 4 is 22.5 Å². The molecule has 6 heteroatoms. The first-order valence-electron chi connectivity index (χ1n) is 5.20. The summed E-state index contributed by atoms with van der Waals surface area (Å²) in [6.45, 7) is 0. The van der Waals surface area contributed by atoms with E-state index in [1.54, 1.807) is 5.01 Å². The Balaban J connectivity index is 2.21. The average Bonchev–Trinajstić information content (AvgIpc) is 2.63. The summed E-state index contributed by atoms with van der Waals surface area (Å²) in [5.41, 5.74) is 12.8. The Bertz CT molecular complexity index is 463. The number of benzene rings is 1. The van der Waals surface area contributed by atoms with Crippen LogP contribution in [0.1, 0.15) is 12.8 Å². The van der Waals surface area contributed by atoms with Gasteiger partial charge in [-0.15, -0.1) is 0 Å². The molecule has 0 unspecified atom stereocenters. The molecule has 17 heavy (non-hydrogen) atoms. The molecule has 0 amide bonds. The first-order chi connectivity index (χ1) is 8.13. The van der Waals surface area contributed by atoms with Crippen molar-refractivity contribution in [2.45, 2.75) is 18.0 Å². The van der Waals surface area contributed by atoms with E-state index in [2.05, 4.69) is 11.2 Å². The topological polar surface area (TPSA) is 91.4 Å². The second kappa shape index (κ2) is 4.75. The number of hydrazone groups is 1. The summed E-state index contributed by atoms with van der Waals surface area (Å²) >= 11 is 1.29. The van der Waals surface area contributed by atoms with Gasteiger partial charge in [-0.25, -0.2) is 5.01 Å². The van der Waals surface area contributed by atoms with Crippen LogP contribution < -0.4 is 16.5 Å². The van der Waals surface area contributed by atoms with Gasteiger partial charge in [-0.1, -0.05) is 18.2 Å². The summed E-state index contributed by atoms with van der Waals surface area (Å²) in [5, 5.41) is 14.2.